The van der Waals surface area contributed by atoms with E-state index in [1.165, 1.54) is 25.9 Å². The molecule has 0 spiro atoms. The summed E-state index contributed by atoms with van der Waals surface area (Å²) in [6, 6.07) is 8.45. The van der Waals surface area contributed by atoms with Crippen LogP contribution in [0.1, 0.15) is 19.8 Å². The summed E-state index contributed by atoms with van der Waals surface area (Å²) in [5.74, 6) is 0.727. The Morgan fingerprint density at radius 2 is 2.05 bits per heavy atom. The Bertz CT molecular complexity index is 549. The van der Waals surface area contributed by atoms with Gasteiger partial charge in [0.15, 0.2) is 0 Å². The summed E-state index contributed by atoms with van der Waals surface area (Å²) >= 11 is 0. The van der Waals surface area contributed by atoms with Crippen LogP contribution in [0.4, 0.5) is 5.95 Å². The summed E-state index contributed by atoms with van der Waals surface area (Å²) in [6.07, 6.45) is 4.55. The van der Waals surface area contributed by atoms with Crippen molar-refractivity contribution in [3.63, 3.8) is 0 Å². The van der Waals surface area contributed by atoms with Crippen LogP contribution < -0.4 is 5.32 Å². The van der Waals surface area contributed by atoms with Gasteiger partial charge in [-0.3, -0.25) is 0 Å². The van der Waals surface area contributed by atoms with E-state index in [2.05, 4.69) is 27.1 Å². The van der Waals surface area contributed by atoms with Gasteiger partial charge in [0.25, 0.3) is 0 Å². The molecule has 0 saturated carbocycles. The molecule has 1 unspecified atom stereocenters. The van der Waals surface area contributed by atoms with Crippen LogP contribution in [0.15, 0.2) is 30.5 Å². The number of likely N-dealkylation sites (tertiary alicyclic amines) is 1. The fraction of sp³-hybridized carbons (Fsp3) is 0.467. The van der Waals surface area contributed by atoms with E-state index in [1.54, 1.807) is 0 Å². The predicted molar refractivity (Wildman–Crippen MR) is 78.3 cm³/mol. The molecule has 0 aliphatic carbocycles. The number of aromatic nitrogens is 2. The Kier molecular flexibility index (Phi) is 3.60. The Labute approximate surface area is 113 Å². The van der Waals surface area contributed by atoms with Crippen molar-refractivity contribution in [1.82, 2.24) is 14.9 Å². The van der Waals surface area contributed by atoms with Crippen molar-refractivity contribution >= 4 is 16.9 Å². The van der Waals surface area contributed by atoms with E-state index in [4.69, 9.17) is 0 Å². The van der Waals surface area contributed by atoms with E-state index >= 15 is 0 Å². The molecule has 0 bridgehead atoms. The summed E-state index contributed by atoms with van der Waals surface area (Å²) < 4.78 is 0. The maximum absolute atomic E-state index is 4.55. The summed E-state index contributed by atoms with van der Waals surface area (Å²) in [6.45, 7) is 5.71. The van der Waals surface area contributed by atoms with Crippen molar-refractivity contribution < 1.29 is 0 Å². The standard InChI is InChI=1S/C15H20N4/c1-12(11-19-8-4-5-9-19)17-15-16-10-13-6-2-3-7-14(13)18-15/h2-3,6-7,10,12H,4-5,8-9,11H2,1H3,(H,16,17,18). The number of para-hydroxylation sites is 1. The Morgan fingerprint density at radius 1 is 1.26 bits per heavy atom. The van der Waals surface area contributed by atoms with E-state index in [1.807, 2.05) is 30.5 Å². The summed E-state index contributed by atoms with van der Waals surface area (Å²) in [7, 11) is 0. The lowest BCUT2D eigenvalue weighted by Gasteiger charge is -2.21. The molecular weight excluding hydrogens is 236 g/mol. The first kappa shape index (κ1) is 12.4. The average Bonchev–Trinajstić information content (AvgIpc) is 2.91. The second kappa shape index (κ2) is 5.53. The van der Waals surface area contributed by atoms with Crippen LogP contribution in [0.3, 0.4) is 0 Å². The van der Waals surface area contributed by atoms with E-state index in [0.29, 0.717) is 6.04 Å². The maximum Gasteiger partial charge on any atom is 0.223 e. The highest BCUT2D eigenvalue weighted by Gasteiger charge is 2.14. The van der Waals surface area contributed by atoms with Gasteiger partial charge in [0.2, 0.25) is 5.95 Å². The molecule has 1 atom stereocenters. The third kappa shape index (κ3) is 3.01. The van der Waals surface area contributed by atoms with Gasteiger partial charge in [-0.25, -0.2) is 9.97 Å². The third-order valence-corrected chi connectivity index (χ3v) is 3.60. The van der Waals surface area contributed by atoms with E-state index < -0.39 is 0 Å². The largest absolute Gasteiger partial charge is 0.350 e. The minimum absolute atomic E-state index is 0.374. The van der Waals surface area contributed by atoms with Crippen LogP contribution in [-0.2, 0) is 0 Å². The second-order valence-electron chi connectivity index (χ2n) is 5.31. The van der Waals surface area contributed by atoms with E-state index in [0.717, 1.165) is 23.4 Å². The number of hydrogen-bond acceptors (Lipinski definition) is 4. The molecule has 1 N–H and O–H groups in total. The van der Waals surface area contributed by atoms with Crippen molar-refractivity contribution in [1.29, 1.82) is 0 Å². The number of rotatable bonds is 4. The Balaban J connectivity index is 1.66. The van der Waals surface area contributed by atoms with Crippen LogP contribution >= 0.6 is 0 Å². The van der Waals surface area contributed by atoms with Gasteiger partial charge < -0.3 is 10.2 Å². The number of nitrogens with one attached hydrogen (secondary N) is 1. The first-order valence-electron chi connectivity index (χ1n) is 7.02. The first-order valence-corrected chi connectivity index (χ1v) is 7.02. The molecule has 2 aromatic rings. The van der Waals surface area contributed by atoms with Crippen LogP contribution in [0, 0.1) is 0 Å². The van der Waals surface area contributed by atoms with Crippen molar-refractivity contribution in [2.45, 2.75) is 25.8 Å². The van der Waals surface area contributed by atoms with Crippen LogP contribution in [0.2, 0.25) is 0 Å². The summed E-state index contributed by atoms with van der Waals surface area (Å²) in [5.41, 5.74) is 0.994. The molecule has 1 aromatic heterocycles. The monoisotopic (exact) mass is 256 g/mol. The third-order valence-electron chi connectivity index (χ3n) is 3.60. The SMILES string of the molecule is CC(CN1CCCC1)Nc1ncc2ccccc2n1. The van der Waals surface area contributed by atoms with Crippen LogP contribution in [-0.4, -0.2) is 40.5 Å². The summed E-state index contributed by atoms with van der Waals surface area (Å²) in [4.78, 5) is 11.4. The molecule has 4 heteroatoms. The lowest BCUT2D eigenvalue weighted by Crippen LogP contribution is -2.33. The van der Waals surface area contributed by atoms with Gasteiger partial charge in [-0.1, -0.05) is 18.2 Å². The Hall–Kier alpha value is -1.68. The highest BCUT2D eigenvalue weighted by Crippen LogP contribution is 2.13. The highest BCUT2D eigenvalue weighted by molar-refractivity contribution is 5.78. The molecule has 1 aromatic carbocycles. The molecule has 3 rings (SSSR count). The molecule has 1 fully saturated rings. The molecule has 19 heavy (non-hydrogen) atoms. The predicted octanol–water partition coefficient (Wildman–Crippen LogP) is 2.53. The van der Waals surface area contributed by atoms with E-state index in [-0.39, 0.29) is 0 Å². The molecule has 1 aliphatic rings. The number of hydrogen-bond donors (Lipinski definition) is 1. The number of nitrogens with zero attached hydrogens (tertiary/aromatic N) is 3. The van der Waals surface area contributed by atoms with Crippen molar-refractivity contribution in [2.75, 3.05) is 25.0 Å². The quantitative estimate of drug-likeness (QED) is 0.912. The van der Waals surface area contributed by atoms with Gasteiger partial charge in [0.05, 0.1) is 5.52 Å². The number of fused-ring (bicyclic) bond motifs is 1. The fourth-order valence-electron chi connectivity index (χ4n) is 2.66. The topological polar surface area (TPSA) is 41.0 Å². The number of anilines is 1. The molecular formula is C15H20N4. The van der Waals surface area contributed by atoms with Gasteiger partial charge in [0.1, 0.15) is 0 Å². The minimum atomic E-state index is 0.374. The molecule has 1 aliphatic heterocycles. The van der Waals surface area contributed by atoms with Gasteiger partial charge in [0, 0.05) is 24.2 Å². The highest BCUT2D eigenvalue weighted by atomic mass is 15.2. The van der Waals surface area contributed by atoms with Crippen LogP contribution in [0.25, 0.3) is 10.9 Å². The fourth-order valence-corrected chi connectivity index (χ4v) is 2.66. The van der Waals surface area contributed by atoms with Crippen LogP contribution in [0.5, 0.6) is 0 Å². The smallest absolute Gasteiger partial charge is 0.223 e. The normalized spacial score (nSPS) is 17.7. The molecule has 2 heterocycles. The van der Waals surface area contributed by atoms with Gasteiger partial charge >= 0.3 is 0 Å². The maximum atomic E-state index is 4.55. The minimum Gasteiger partial charge on any atom is -0.350 e. The van der Waals surface area contributed by atoms with Crippen molar-refractivity contribution in [2.24, 2.45) is 0 Å². The van der Waals surface area contributed by atoms with Crippen molar-refractivity contribution in [3.05, 3.63) is 30.5 Å². The molecule has 100 valence electrons. The molecule has 1 saturated heterocycles. The van der Waals surface area contributed by atoms with Gasteiger partial charge in [-0.2, -0.15) is 0 Å². The Morgan fingerprint density at radius 3 is 2.89 bits per heavy atom. The lowest BCUT2D eigenvalue weighted by molar-refractivity contribution is 0.327. The lowest BCUT2D eigenvalue weighted by atomic mass is 10.2. The summed E-state index contributed by atoms with van der Waals surface area (Å²) in [5, 5.41) is 4.48. The molecule has 4 nitrogen and oxygen atoms in total. The molecule has 0 amide bonds. The second-order valence-corrected chi connectivity index (χ2v) is 5.31. The average molecular weight is 256 g/mol. The van der Waals surface area contributed by atoms with Gasteiger partial charge in [-0.15, -0.1) is 0 Å². The van der Waals surface area contributed by atoms with E-state index in [9.17, 15) is 0 Å². The van der Waals surface area contributed by atoms with Gasteiger partial charge in [-0.05, 0) is 38.9 Å². The molecule has 0 radical (unpaired) electrons. The zero-order valence-electron chi connectivity index (χ0n) is 11.3. The van der Waals surface area contributed by atoms with Crippen molar-refractivity contribution in [3.8, 4) is 0 Å². The first-order chi connectivity index (χ1) is 9.31. The number of benzene rings is 1. The zero-order valence-corrected chi connectivity index (χ0v) is 11.3. The zero-order chi connectivity index (χ0) is 13.1.